The fourth-order valence-electron chi connectivity index (χ4n) is 3.06. The van der Waals surface area contributed by atoms with Crippen molar-refractivity contribution in [3.8, 4) is 0 Å². The smallest absolute Gasteiger partial charge is 0.290 e. The molecular weight excluding hydrogens is 360 g/mol. The molecule has 5 N–H and O–H groups in total. The van der Waals surface area contributed by atoms with Gasteiger partial charge in [0, 0.05) is 23.6 Å². The number of carbonyl (C=O) groups excluding carboxylic acids is 2. The van der Waals surface area contributed by atoms with E-state index in [9.17, 15) is 9.59 Å². The number of nitrogens with one attached hydrogen (secondary N) is 3. The van der Waals surface area contributed by atoms with Crippen molar-refractivity contribution < 1.29 is 9.59 Å². The van der Waals surface area contributed by atoms with Gasteiger partial charge in [-0.2, -0.15) is 0 Å². The molecule has 1 aliphatic rings. The first-order chi connectivity index (χ1) is 13.1. The van der Waals surface area contributed by atoms with E-state index in [1.165, 1.54) is 10.9 Å². The summed E-state index contributed by atoms with van der Waals surface area (Å²) in [6, 6.07) is 13.7. The normalized spacial score (nSPS) is 15.5. The number of thioether (sulfide) groups is 1. The molecule has 0 bridgehead atoms. The third-order valence-corrected chi connectivity index (χ3v) is 5.21. The zero-order valence-corrected chi connectivity index (χ0v) is 15.2. The Labute approximate surface area is 160 Å². The van der Waals surface area contributed by atoms with E-state index in [4.69, 9.17) is 5.73 Å². The molecule has 0 aliphatic carbocycles. The van der Waals surface area contributed by atoms with Crippen LogP contribution >= 0.6 is 11.8 Å². The number of imide groups is 1. The van der Waals surface area contributed by atoms with Crippen molar-refractivity contribution in [1.82, 2.24) is 10.3 Å². The van der Waals surface area contributed by atoms with Crippen molar-refractivity contribution in [2.24, 2.45) is 0 Å². The Bertz CT molecular complexity index is 1070. The van der Waals surface area contributed by atoms with Crippen molar-refractivity contribution >= 4 is 51.3 Å². The molecule has 1 fully saturated rings. The molecule has 3 aromatic rings. The molecule has 1 saturated heterocycles. The van der Waals surface area contributed by atoms with Gasteiger partial charge in [-0.3, -0.25) is 14.9 Å². The topological polar surface area (TPSA) is 100 Å². The number of fused-ring (bicyclic) bond motifs is 1. The van der Waals surface area contributed by atoms with E-state index in [0.717, 1.165) is 41.5 Å². The standard InChI is InChI=1S/C20H18N4O2S/c21-15-6-5-12(10-18-19(25)24-20(26)27-18)9-17(15)22-8-7-13-11-23-16-4-2-1-3-14(13)16/h1-6,9-11,22-23H,7-8,21H2,(H,24,25,26). The molecule has 0 radical (unpaired) electrons. The molecule has 1 aliphatic heterocycles. The fourth-order valence-corrected chi connectivity index (χ4v) is 3.74. The van der Waals surface area contributed by atoms with E-state index in [1.807, 2.05) is 30.5 Å². The van der Waals surface area contributed by atoms with Gasteiger partial charge in [-0.05, 0) is 53.6 Å². The third-order valence-electron chi connectivity index (χ3n) is 4.40. The molecule has 4 rings (SSSR count). The van der Waals surface area contributed by atoms with Crippen LogP contribution < -0.4 is 16.4 Å². The van der Waals surface area contributed by atoms with Crippen molar-refractivity contribution in [1.29, 1.82) is 0 Å². The van der Waals surface area contributed by atoms with Crippen molar-refractivity contribution in [2.75, 3.05) is 17.6 Å². The number of H-pyrrole nitrogens is 1. The lowest BCUT2D eigenvalue weighted by atomic mass is 10.1. The Morgan fingerprint density at radius 3 is 2.81 bits per heavy atom. The molecule has 7 heteroatoms. The number of para-hydroxylation sites is 1. The number of nitrogens with two attached hydrogens (primary N) is 1. The number of hydrogen-bond donors (Lipinski definition) is 4. The van der Waals surface area contributed by atoms with Gasteiger partial charge in [0.15, 0.2) is 0 Å². The molecule has 6 nitrogen and oxygen atoms in total. The highest BCUT2D eigenvalue weighted by molar-refractivity contribution is 8.18. The van der Waals surface area contributed by atoms with Crippen LogP contribution in [0.2, 0.25) is 0 Å². The highest BCUT2D eigenvalue weighted by Gasteiger charge is 2.24. The van der Waals surface area contributed by atoms with Crippen LogP contribution in [0.4, 0.5) is 16.2 Å². The number of benzene rings is 2. The number of carbonyl (C=O) groups is 2. The SMILES string of the molecule is Nc1ccc(C=C2SC(=O)NC2=O)cc1NCCc1c[nH]c2ccccc12. The van der Waals surface area contributed by atoms with Crippen LogP contribution in [0, 0.1) is 0 Å². The number of anilines is 2. The zero-order chi connectivity index (χ0) is 18.8. The van der Waals surface area contributed by atoms with Gasteiger partial charge in [-0.1, -0.05) is 24.3 Å². The third kappa shape index (κ3) is 3.68. The van der Waals surface area contributed by atoms with Gasteiger partial charge in [0.25, 0.3) is 11.1 Å². The summed E-state index contributed by atoms with van der Waals surface area (Å²) in [7, 11) is 0. The number of hydrogen-bond acceptors (Lipinski definition) is 5. The number of aromatic amines is 1. The number of aromatic nitrogens is 1. The summed E-state index contributed by atoms with van der Waals surface area (Å²) in [5.74, 6) is -0.365. The van der Waals surface area contributed by atoms with Gasteiger partial charge in [-0.25, -0.2) is 0 Å². The first-order valence-corrected chi connectivity index (χ1v) is 9.35. The summed E-state index contributed by atoms with van der Waals surface area (Å²) < 4.78 is 0. The Morgan fingerprint density at radius 1 is 1.15 bits per heavy atom. The maximum Gasteiger partial charge on any atom is 0.290 e. The van der Waals surface area contributed by atoms with E-state index in [0.29, 0.717) is 10.6 Å². The van der Waals surface area contributed by atoms with Crippen LogP contribution in [0.1, 0.15) is 11.1 Å². The van der Waals surface area contributed by atoms with Crippen molar-refractivity contribution in [3.63, 3.8) is 0 Å². The quantitative estimate of drug-likeness (QED) is 0.400. The maximum atomic E-state index is 11.7. The largest absolute Gasteiger partial charge is 0.397 e. The molecule has 136 valence electrons. The maximum absolute atomic E-state index is 11.7. The number of rotatable bonds is 5. The minimum Gasteiger partial charge on any atom is -0.397 e. The summed E-state index contributed by atoms with van der Waals surface area (Å²) in [5, 5.41) is 6.48. The van der Waals surface area contributed by atoms with Crippen LogP contribution in [0.3, 0.4) is 0 Å². The Morgan fingerprint density at radius 2 is 2.00 bits per heavy atom. The first kappa shape index (κ1) is 17.2. The lowest BCUT2D eigenvalue weighted by Gasteiger charge is -2.10. The molecule has 0 atom stereocenters. The Kier molecular flexibility index (Phi) is 4.60. The number of amides is 2. The molecule has 2 heterocycles. The average Bonchev–Trinajstić information content (AvgIpc) is 3.20. The zero-order valence-electron chi connectivity index (χ0n) is 14.4. The van der Waals surface area contributed by atoms with Gasteiger partial charge in [-0.15, -0.1) is 0 Å². The molecule has 1 aromatic heterocycles. The van der Waals surface area contributed by atoms with Crippen LogP contribution in [-0.2, 0) is 11.2 Å². The minimum absolute atomic E-state index is 0.348. The van der Waals surface area contributed by atoms with E-state index in [-0.39, 0.29) is 11.1 Å². The van der Waals surface area contributed by atoms with Crippen LogP contribution in [0.15, 0.2) is 53.6 Å². The predicted molar refractivity (Wildman–Crippen MR) is 110 cm³/mol. The van der Waals surface area contributed by atoms with Crippen LogP contribution in [-0.4, -0.2) is 22.7 Å². The van der Waals surface area contributed by atoms with Gasteiger partial charge >= 0.3 is 0 Å². The van der Waals surface area contributed by atoms with Crippen molar-refractivity contribution in [2.45, 2.75) is 6.42 Å². The summed E-state index contributed by atoms with van der Waals surface area (Å²) in [4.78, 5) is 26.6. The van der Waals surface area contributed by atoms with Gasteiger partial charge in [0.2, 0.25) is 0 Å². The lowest BCUT2D eigenvalue weighted by Crippen LogP contribution is -2.17. The minimum atomic E-state index is -0.365. The summed E-state index contributed by atoms with van der Waals surface area (Å²) in [5.41, 5.74) is 10.7. The van der Waals surface area contributed by atoms with Gasteiger partial charge in [0.1, 0.15) is 0 Å². The van der Waals surface area contributed by atoms with Crippen LogP contribution in [0.25, 0.3) is 17.0 Å². The van der Waals surface area contributed by atoms with E-state index >= 15 is 0 Å². The first-order valence-electron chi connectivity index (χ1n) is 8.53. The predicted octanol–water partition coefficient (Wildman–Crippen LogP) is 3.73. The molecule has 0 unspecified atom stereocenters. The summed E-state index contributed by atoms with van der Waals surface area (Å²) in [6.07, 6.45) is 4.57. The lowest BCUT2D eigenvalue weighted by molar-refractivity contribution is -0.115. The second-order valence-corrected chi connectivity index (χ2v) is 7.25. The Balaban J connectivity index is 1.47. The Hall–Kier alpha value is -3.19. The van der Waals surface area contributed by atoms with Gasteiger partial charge < -0.3 is 16.0 Å². The molecule has 2 amide bonds. The summed E-state index contributed by atoms with van der Waals surface area (Å²) in [6.45, 7) is 0.722. The van der Waals surface area contributed by atoms with E-state index in [1.54, 1.807) is 12.1 Å². The second kappa shape index (κ2) is 7.20. The highest BCUT2D eigenvalue weighted by atomic mass is 32.2. The summed E-state index contributed by atoms with van der Waals surface area (Å²) >= 11 is 0.902. The monoisotopic (exact) mass is 378 g/mol. The van der Waals surface area contributed by atoms with E-state index < -0.39 is 0 Å². The molecule has 0 spiro atoms. The molecular formula is C20H18N4O2S. The molecule has 27 heavy (non-hydrogen) atoms. The van der Waals surface area contributed by atoms with Crippen LogP contribution in [0.5, 0.6) is 0 Å². The average molecular weight is 378 g/mol. The van der Waals surface area contributed by atoms with Crippen molar-refractivity contribution in [3.05, 3.63) is 64.7 Å². The molecule has 0 saturated carbocycles. The number of nitrogen functional groups attached to an aromatic ring is 1. The van der Waals surface area contributed by atoms with Gasteiger partial charge in [0.05, 0.1) is 16.3 Å². The van der Waals surface area contributed by atoms with E-state index in [2.05, 4.69) is 27.8 Å². The fraction of sp³-hybridized carbons (Fsp3) is 0.100. The highest BCUT2D eigenvalue weighted by Crippen LogP contribution is 2.28. The second-order valence-electron chi connectivity index (χ2n) is 6.24. The molecule has 2 aromatic carbocycles.